The highest BCUT2D eigenvalue weighted by Gasteiger charge is 2.31. The number of rotatable bonds is 7. The lowest BCUT2D eigenvalue weighted by Crippen LogP contribution is -2.32. The molecule has 0 spiro atoms. The monoisotopic (exact) mass is 449 g/mol. The lowest BCUT2D eigenvalue weighted by atomic mass is 9.88. The fraction of sp³-hybridized carbons (Fsp3) is 0.440. The van der Waals surface area contributed by atoms with Gasteiger partial charge in [-0.2, -0.15) is 0 Å². The van der Waals surface area contributed by atoms with E-state index in [9.17, 15) is 4.79 Å². The normalized spacial score (nSPS) is 19.5. The average molecular weight is 450 g/mol. The third kappa shape index (κ3) is 4.35. The SMILES string of the molecule is CCCOc1ncc(C(C)(N)CC)c2cc(Nc3ccc4c(n3)[C@@H](C)[C@H](C)OC4=O)ncc12. The summed E-state index contributed by atoms with van der Waals surface area (Å²) in [6.45, 7) is 10.6. The van der Waals surface area contributed by atoms with E-state index in [1.165, 1.54) is 0 Å². The number of hydrogen-bond donors (Lipinski definition) is 2. The molecule has 0 saturated heterocycles. The zero-order valence-electron chi connectivity index (χ0n) is 19.8. The topological polar surface area (TPSA) is 112 Å². The quantitative estimate of drug-likeness (QED) is 0.495. The van der Waals surface area contributed by atoms with Gasteiger partial charge in [0.05, 0.1) is 23.3 Å². The Labute approximate surface area is 193 Å². The van der Waals surface area contributed by atoms with Crippen LogP contribution < -0.4 is 15.8 Å². The number of nitrogens with zero attached hydrogens (tertiary/aromatic N) is 3. The van der Waals surface area contributed by atoms with Crippen LogP contribution >= 0.6 is 0 Å². The van der Waals surface area contributed by atoms with Crippen LogP contribution in [0.15, 0.2) is 30.6 Å². The van der Waals surface area contributed by atoms with Gasteiger partial charge in [0, 0.05) is 23.9 Å². The molecule has 4 rings (SSSR count). The molecule has 3 atom stereocenters. The molecule has 0 bridgehead atoms. The van der Waals surface area contributed by atoms with Crippen LogP contribution in [0.2, 0.25) is 0 Å². The Morgan fingerprint density at radius 2 is 1.94 bits per heavy atom. The van der Waals surface area contributed by atoms with Crippen LogP contribution in [-0.4, -0.2) is 33.6 Å². The first-order valence-electron chi connectivity index (χ1n) is 11.4. The van der Waals surface area contributed by atoms with Crippen molar-refractivity contribution >= 4 is 28.4 Å². The number of nitrogens with two attached hydrogens (primary N) is 1. The van der Waals surface area contributed by atoms with E-state index in [2.05, 4.69) is 29.1 Å². The fourth-order valence-corrected chi connectivity index (χ4v) is 3.89. The van der Waals surface area contributed by atoms with Crippen molar-refractivity contribution in [2.24, 2.45) is 5.73 Å². The molecule has 1 aliphatic heterocycles. The first-order valence-corrected chi connectivity index (χ1v) is 11.4. The third-order valence-electron chi connectivity index (χ3n) is 6.36. The van der Waals surface area contributed by atoms with Gasteiger partial charge in [0.2, 0.25) is 5.88 Å². The Kier molecular flexibility index (Phi) is 6.21. The number of nitrogens with one attached hydrogen (secondary N) is 1. The first kappa shape index (κ1) is 22.9. The van der Waals surface area contributed by atoms with Crippen molar-refractivity contribution in [3.05, 3.63) is 47.4 Å². The van der Waals surface area contributed by atoms with Gasteiger partial charge >= 0.3 is 5.97 Å². The number of ether oxygens (including phenoxy) is 2. The van der Waals surface area contributed by atoms with E-state index < -0.39 is 5.54 Å². The highest BCUT2D eigenvalue weighted by Crippen LogP contribution is 2.35. The average Bonchev–Trinajstić information content (AvgIpc) is 2.80. The van der Waals surface area contributed by atoms with E-state index in [4.69, 9.17) is 20.2 Å². The number of carbonyl (C=O) groups excluding carboxylic acids is 1. The predicted molar refractivity (Wildman–Crippen MR) is 128 cm³/mol. The molecule has 0 fully saturated rings. The number of anilines is 2. The molecule has 3 aromatic rings. The van der Waals surface area contributed by atoms with Crippen LogP contribution in [0.5, 0.6) is 5.88 Å². The number of esters is 1. The van der Waals surface area contributed by atoms with E-state index in [1.807, 2.05) is 26.8 Å². The van der Waals surface area contributed by atoms with Gasteiger partial charge in [-0.3, -0.25) is 0 Å². The number of aromatic nitrogens is 3. The third-order valence-corrected chi connectivity index (χ3v) is 6.36. The van der Waals surface area contributed by atoms with Gasteiger partial charge < -0.3 is 20.5 Å². The Hall–Kier alpha value is -3.26. The Morgan fingerprint density at radius 1 is 1.15 bits per heavy atom. The summed E-state index contributed by atoms with van der Waals surface area (Å²) < 4.78 is 11.2. The number of hydrogen-bond acceptors (Lipinski definition) is 8. The molecule has 8 nitrogen and oxygen atoms in total. The van der Waals surface area contributed by atoms with Crippen molar-refractivity contribution in [1.29, 1.82) is 0 Å². The summed E-state index contributed by atoms with van der Waals surface area (Å²) in [5.74, 6) is 1.45. The van der Waals surface area contributed by atoms with E-state index in [-0.39, 0.29) is 18.0 Å². The van der Waals surface area contributed by atoms with Crippen molar-refractivity contribution in [2.45, 2.75) is 65.0 Å². The Morgan fingerprint density at radius 3 is 2.67 bits per heavy atom. The van der Waals surface area contributed by atoms with E-state index in [0.29, 0.717) is 29.7 Å². The second-order valence-corrected chi connectivity index (χ2v) is 8.87. The molecular weight excluding hydrogens is 418 g/mol. The van der Waals surface area contributed by atoms with Crippen LogP contribution in [0.1, 0.15) is 75.0 Å². The summed E-state index contributed by atoms with van der Waals surface area (Å²) in [6.07, 6.45) is 4.97. The van der Waals surface area contributed by atoms with Crippen molar-refractivity contribution in [3.63, 3.8) is 0 Å². The maximum atomic E-state index is 12.2. The summed E-state index contributed by atoms with van der Waals surface area (Å²) in [7, 11) is 0. The van der Waals surface area contributed by atoms with Gasteiger partial charge in [-0.15, -0.1) is 0 Å². The first-order chi connectivity index (χ1) is 15.7. The molecule has 3 N–H and O–H groups in total. The summed E-state index contributed by atoms with van der Waals surface area (Å²) >= 11 is 0. The minimum absolute atomic E-state index is 0.00228. The van der Waals surface area contributed by atoms with Crippen molar-refractivity contribution in [2.75, 3.05) is 11.9 Å². The van der Waals surface area contributed by atoms with Crippen LogP contribution in [0, 0.1) is 0 Å². The second-order valence-electron chi connectivity index (χ2n) is 8.87. The standard InChI is InChI=1S/C25H31N5O3/c1-6-10-32-23-18-12-27-21(11-17(18)19(13-28-23)25(5,26)7-2)29-20-9-8-16-22(30-20)14(3)15(4)33-24(16)31/h8-9,11-15H,6-7,10,26H2,1-5H3,(H,27,29,30)/t14-,15-,25?/m0/s1. The molecule has 1 aliphatic rings. The Bertz CT molecular complexity index is 1190. The van der Waals surface area contributed by atoms with Gasteiger partial charge in [0.15, 0.2) is 0 Å². The smallest absolute Gasteiger partial charge is 0.340 e. The van der Waals surface area contributed by atoms with E-state index >= 15 is 0 Å². The van der Waals surface area contributed by atoms with E-state index in [0.717, 1.165) is 34.9 Å². The molecular formula is C25H31N5O3. The lowest BCUT2D eigenvalue weighted by molar-refractivity contribution is 0.0235. The molecule has 8 heteroatoms. The predicted octanol–water partition coefficient (Wildman–Crippen LogP) is 4.80. The van der Waals surface area contributed by atoms with Crippen LogP contribution in [-0.2, 0) is 10.3 Å². The van der Waals surface area contributed by atoms with Crippen LogP contribution in [0.25, 0.3) is 10.8 Å². The molecule has 3 aromatic heterocycles. The van der Waals surface area contributed by atoms with Crippen LogP contribution in [0.4, 0.5) is 11.6 Å². The van der Waals surface area contributed by atoms with Gasteiger partial charge in [-0.1, -0.05) is 20.8 Å². The summed E-state index contributed by atoms with van der Waals surface area (Å²) in [4.78, 5) is 26.0. The largest absolute Gasteiger partial charge is 0.477 e. The number of pyridine rings is 3. The summed E-state index contributed by atoms with van der Waals surface area (Å²) in [5.41, 5.74) is 8.20. The summed E-state index contributed by atoms with van der Waals surface area (Å²) in [6, 6.07) is 5.46. The molecule has 0 radical (unpaired) electrons. The molecule has 4 heterocycles. The maximum absolute atomic E-state index is 12.2. The van der Waals surface area contributed by atoms with E-state index in [1.54, 1.807) is 24.5 Å². The number of carbonyl (C=O) groups is 1. The Balaban J connectivity index is 1.75. The zero-order chi connectivity index (χ0) is 23.8. The van der Waals surface area contributed by atoms with Crippen molar-refractivity contribution in [1.82, 2.24) is 15.0 Å². The highest BCUT2D eigenvalue weighted by atomic mass is 16.5. The number of cyclic esters (lactones) is 1. The molecule has 0 amide bonds. The summed E-state index contributed by atoms with van der Waals surface area (Å²) in [5, 5.41) is 5.03. The molecule has 0 aliphatic carbocycles. The zero-order valence-corrected chi connectivity index (χ0v) is 19.8. The molecule has 0 aromatic carbocycles. The van der Waals surface area contributed by atoms with Crippen molar-refractivity contribution < 1.29 is 14.3 Å². The minimum Gasteiger partial charge on any atom is -0.477 e. The van der Waals surface area contributed by atoms with Gasteiger partial charge in [-0.25, -0.2) is 19.7 Å². The van der Waals surface area contributed by atoms with Crippen molar-refractivity contribution in [3.8, 4) is 5.88 Å². The molecule has 1 unspecified atom stereocenters. The fourth-order valence-electron chi connectivity index (χ4n) is 3.89. The van der Waals surface area contributed by atoms with Gasteiger partial charge in [0.1, 0.15) is 17.7 Å². The molecule has 0 saturated carbocycles. The molecule has 174 valence electrons. The highest BCUT2D eigenvalue weighted by molar-refractivity contribution is 5.93. The second kappa shape index (κ2) is 8.94. The van der Waals surface area contributed by atoms with Crippen LogP contribution in [0.3, 0.4) is 0 Å². The van der Waals surface area contributed by atoms with Gasteiger partial charge in [0.25, 0.3) is 0 Å². The molecule has 33 heavy (non-hydrogen) atoms. The lowest BCUT2D eigenvalue weighted by Gasteiger charge is -2.27. The number of fused-ring (bicyclic) bond motifs is 2. The maximum Gasteiger partial charge on any atom is 0.340 e. The minimum atomic E-state index is -0.552. The van der Waals surface area contributed by atoms with Gasteiger partial charge in [-0.05, 0) is 55.8 Å².